The van der Waals surface area contributed by atoms with Crippen LogP contribution in [0.25, 0.3) is 22.5 Å². The quantitative estimate of drug-likeness (QED) is 0.101. The minimum Gasteiger partial charge on any atom is -0.494 e. The van der Waals surface area contributed by atoms with E-state index < -0.39 is 6.04 Å². The van der Waals surface area contributed by atoms with Gasteiger partial charge in [0.15, 0.2) is 5.82 Å². The summed E-state index contributed by atoms with van der Waals surface area (Å²) in [7, 11) is 0. The van der Waals surface area contributed by atoms with E-state index in [1.807, 2.05) is 73.1 Å². The highest BCUT2D eigenvalue weighted by Crippen LogP contribution is 2.24. The van der Waals surface area contributed by atoms with Gasteiger partial charge in [0, 0.05) is 41.8 Å². The molecule has 0 spiro atoms. The Bertz CT molecular complexity index is 1530. The lowest BCUT2D eigenvalue weighted by Crippen LogP contribution is -2.46. The van der Waals surface area contributed by atoms with Crippen molar-refractivity contribution in [1.29, 1.82) is 0 Å². The highest BCUT2D eigenvalue weighted by atomic mass is 32.2. The summed E-state index contributed by atoms with van der Waals surface area (Å²) < 4.78 is 8.65. The summed E-state index contributed by atoms with van der Waals surface area (Å²) in [5, 5.41) is 2.92. The fourth-order valence-electron chi connectivity index (χ4n) is 5.04. The van der Waals surface area contributed by atoms with Gasteiger partial charge in [-0.05, 0) is 52.8 Å². The Morgan fingerprint density at radius 2 is 1.43 bits per heavy atom. The number of amides is 2. The van der Waals surface area contributed by atoms with Gasteiger partial charge in [0.25, 0.3) is 11.8 Å². The number of carbonyl (C=O) groups is 2. The molecule has 2 amide bonds. The molecule has 2 N–H and O–H groups in total. The summed E-state index contributed by atoms with van der Waals surface area (Å²) in [6.45, 7) is 9.35. The van der Waals surface area contributed by atoms with Gasteiger partial charge in [-0.15, -0.1) is 0 Å². The Balaban J connectivity index is 1.36. The summed E-state index contributed by atoms with van der Waals surface area (Å²) >= 11 is 1.21. The van der Waals surface area contributed by atoms with Crippen LogP contribution in [0.2, 0.25) is 0 Å². The number of benzene rings is 3. The maximum atomic E-state index is 13.1. The number of unbranched alkanes of at least 4 members (excludes halogenated alkanes) is 4. The molecule has 0 saturated heterocycles. The molecule has 4 rings (SSSR count). The van der Waals surface area contributed by atoms with Crippen LogP contribution < -0.4 is 14.8 Å². The smallest absolute Gasteiger partial charge is 0.252 e. The lowest BCUT2D eigenvalue weighted by Gasteiger charge is -2.20. The molecule has 0 saturated carbocycles. The van der Waals surface area contributed by atoms with E-state index in [1.54, 1.807) is 18.4 Å². The Hall–Kier alpha value is -4.17. The molecule has 4 aromatic rings. The van der Waals surface area contributed by atoms with Gasteiger partial charge in [-0.25, -0.2) is 9.97 Å². The average molecular weight is 639 g/mol. The molecule has 1 atom stereocenters. The van der Waals surface area contributed by atoms with Gasteiger partial charge in [-0.2, -0.15) is 0 Å². The molecule has 7 nitrogen and oxygen atoms in total. The van der Waals surface area contributed by atoms with Gasteiger partial charge in [0.2, 0.25) is 0 Å². The molecule has 46 heavy (non-hydrogen) atoms. The van der Waals surface area contributed by atoms with E-state index in [-0.39, 0.29) is 17.2 Å². The van der Waals surface area contributed by atoms with E-state index in [9.17, 15) is 9.59 Å². The van der Waals surface area contributed by atoms with Crippen LogP contribution in [0.4, 0.5) is 0 Å². The normalized spacial score (nSPS) is 11.9. The third-order valence-electron chi connectivity index (χ3n) is 7.85. The van der Waals surface area contributed by atoms with Crippen LogP contribution in [-0.2, 0) is 16.6 Å². The van der Waals surface area contributed by atoms with Crippen LogP contribution in [0.3, 0.4) is 0 Å². The number of nitrogens with zero attached hydrogens (tertiary/aromatic N) is 2. The van der Waals surface area contributed by atoms with Crippen LogP contribution in [0.5, 0.6) is 5.75 Å². The minimum absolute atomic E-state index is 0.0102. The number of hydrogen-bond donors (Lipinski definition) is 2. The van der Waals surface area contributed by atoms with Gasteiger partial charge >= 0.3 is 0 Å². The zero-order valence-electron chi connectivity index (χ0n) is 27.6. The summed E-state index contributed by atoms with van der Waals surface area (Å²) in [6, 6.07) is 22.6. The van der Waals surface area contributed by atoms with Crippen molar-refractivity contribution in [2.45, 2.75) is 77.7 Å². The van der Waals surface area contributed by atoms with Gasteiger partial charge in [0.1, 0.15) is 11.8 Å². The molecule has 0 bridgehead atoms. The molecule has 0 aliphatic heterocycles. The molecule has 1 unspecified atom stereocenters. The lowest BCUT2D eigenvalue weighted by atomic mass is 9.86. The Labute approximate surface area is 278 Å². The summed E-state index contributed by atoms with van der Waals surface area (Å²) in [5.41, 5.74) is 5.38. The van der Waals surface area contributed by atoms with Crippen molar-refractivity contribution >= 4 is 23.8 Å². The van der Waals surface area contributed by atoms with Gasteiger partial charge < -0.3 is 10.1 Å². The third kappa shape index (κ3) is 10.2. The molecule has 0 aliphatic carbocycles. The first-order valence-corrected chi connectivity index (χ1v) is 17.3. The predicted octanol–water partition coefficient (Wildman–Crippen LogP) is 8.19. The zero-order valence-corrected chi connectivity index (χ0v) is 28.5. The van der Waals surface area contributed by atoms with E-state index in [4.69, 9.17) is 4.74 Å². The first-order valence-electron chi connectivity index (χ1n) is 16.1. The largest absolute Gasteiger partial charge is 0.494 e. The van der Waals surface area contributed by atoms with Crippen LogP contribution in [0.15, 0.2) is 85.2 Å². The van der Waals surface area contributed by atoms with E-state index in [0.717, 1.165) is 46.6 Å². The molecule has 3 aromatic carbocycles. The fraction of sp³-hybridized carbons (Fsp3) is 0.368. The molecule has 8 heteroatoms. The van der Waals surface area contributed by atoms with Crippen molar-refractivity contribution in [2.24, 2.45) is 0 Å². The number of ether oxygens (including phenoxy) is 1. The second-order valence-corrected chi connectivity index (χ2v) is 13.1. The second kappa shape index (κ2) is 16.9. The van der Waals surface area contributed by atoms with Gasteiger partial charge in [-0.3, -0.25) is 14.3 Å². The topological polar surface area (TPSA) is 93.2 Å². The molecular formula is C38H46N4O3S. The molecule has 0 radical (unpaired) electrons. The molecule has 0 aliphatic rings. The Morgan fingerprint density at radius 1 is 0.804 bits per heavy atom. The number of nitrogens with one attached hydrogen (secondary N) is 2. The van der Waals surface area contributed by atoms with E-state index in [2.05, 4.69) is 47.7 Å². The minimum atomic E-state index is -0.730. The number of rotatable bonds is 15. The molecule has 1 aromatic heterocycles. The van der Waals surface area contributed by atoms with E-state index in [0.29, 0.717) is 17.8 Å². The highest BCUT2D eigenvalue weighted by Gasteiger charge is 2.22. The molecular weight excluding hydrogens is 593 g/mol. The van der Waals surface area contributed by atoms with E-state index >= 15 is 0 Å². The average Bonchev–Trinajstić information content (AvgIpc) is 3.06. The maximum absolute atomic E-state index is 13.1. The van der Waals surface area contributed by atoms with Crippen molar-refractivity contribution in [3.8, 4) is 28.3 Å². The van der Waals surface area contributed by atoms with Crippen LogP contribution in [0.1, 0.15) is 81.3 Å². The summed E-state index contributed by atoms with van der Waals surface area (Å²) in [4.78, 5) is 35.1. The summed E-state index contributed by atoms with van der Waals surface area (Å²) in [5.74, 6) is 0.949. The van der Waals surface area contributed by atoms with Gasteiger partial charge in [-0.1, -0.05) is 114 Å². The Morgan fingerprint density at radius 3 is 2.04 bits per heavy atom. The van der Waals surface area contributed by atoms with Gasteiger partial charge in [0.05, 0.1) is 6.61 Å². The SMILES string of the molecule is CCCCCCCOc1ccc(-c2cnc(-c3ccc(CC(NC(=O)c4ccc(C(C)(C)C)cc4)C(=O)NSC)cc3)nc2)cc1. The Kier molecular flexibility index (Phi) is 12.8. The lowest BCUT2D eigenvalue weighted by molar-refractivity contribution is -0.121. The van der Waals surface area contributed by atoms with Crippen LogP contribution in [0, 0.1) is 0 Å². The number of aromatic nitrogens is 2. The highest BCUT2D eigenvalue weighted by molar-refractivity contribution is 7.97. The first-order chi connectivity index (χ1) is 22.2. The third-order valence-corrected chi connectivity index (χ3v) is 8.25. The van der Waals surface area contributed by atoms with Crippen molar-refractivity contribution in [3.63, 3.8) is 0 Å². The first kappa shape index (κ1) is 34.7. The van der Waals surface area contributed by atoms with Crippen molar-refractivity contribution in [1.82, 2.24) is 20.0 Å². The molecule has 1 heterocycles. The zero-order chi connectivity index (χ0) is 32.9. The van der Waals surface area contributed by atoms with Crippen LogP contribution >= 0.6 is 11.9 Å². The van der Waals surface area contributed by atoms with Crippen molar-refractivity contribution in [3.05, 3.63) is 102 Å². The molecule has 242 valence electrons. The van der Waals surface area contributed by atoms with E-state index in [1.165, 1.54) is 37.6 Å². The van der Waals surface area contributed by atoms with Crippen molar-refractivity contribution < 1.29 is 14.3 Å². The van der Waals surface area contributed by atoms with Crippen molar-refractivity contribution in [2.75, 3.05) is 12.9 Å². The maximum Gasteiger partial charge on any atom is 0.252 e. The fourth-order valence-corrected chi connectivity index (χ4v) is 5.38. The monoisotopic (exact) mass is 638 g/mol. The number of carbonyl (C=O) groups excluding carboxylic acids is 2. The second-order valence-electron chi connectivity index (χ2n) is 12.5. The molecule has 0 fully saturated rings. The summed E-state index contributed by atoms with van der Waals surface area (Å²) in [6.07, 6.45) is 11.9. The standard InChI is InChI=1S/C38H46N4O3S/c1-6-7-8-9-10-23-45-33-21-17-28(18-22-33)31-25-39-35(40-26-31)29-13-11-27(12-14-29)24-34(37(44)42-46-5)41-36(43)30-15-19-32(20-16-30)38(2,3)4/h11-22,25-26,34H,6-10,23-24H2,1-5H3,(H,41,43)(H,42,44). The van der Waals surface area contributed by atoms with Crippen LogP contribution in [-0.4, -0.2) is 40.7 Å². The predicted molar refractivity (Wildman–Crippen MR) is 189 cm³/mol. The number of hydrogen-bond acceptors (Lipinski definition) is 6.